The number of carbonyl (C=O) groups excluding carboxylic acids is 4. The fourth-order valence-electron chi connectivity index (χ4n) is 3.33. The lowest BCUT2D eigenvalue weighted by Gasteiger charge is -2.33. The maximum absolute atomic E-state index is 12.6. The van der Waals surface area contributed by atoms with Crippen molar-refractivity contribution < 1.29 is 23.9 Å². The predicted octanol–water partition coefficient (Wildman–Crippen LogP) is 1.18. The molecular formula is C23H34N4O5. The van der Waals surface area contributed by atoms with Crippen molar-refractivity contribution in [1.29, 1.82) is 0 Å². The molecule has 0 bridgehead atoms. The number of nitrogens with zero attached hydrogens (tertiary/aromatic N) is 2. The van der Waals surface area contributed by atoms with E-state index in [2.05, 4.69) is 10.6 Å². The van der Waals surface area contributed by atoms with Crippen molar-refractivity contribution in [1.82, 2.24) is 15.1 Å². The number of benzene rings is 1. The second-order valence-electron chi connectivity index (χ2n) is 8.09. The second-order valence-corrected chi connectivity index (χ2v) is 8.09. The van der Waals surface area contributed by atoms with Crippen LogP contribution in [0.4, 0.5) is 5.69 Å². The Balaban J connectivity index is 1.87. The Kier molecular flexibility index (Phi) is 10.1. The first-order valence-electron chi connectivity index (χ1n) is 11.1. The third kappa shape index (κ3) is 8.30. The van der Waals surface area contributed by atoms with E-state index < -0.39 is 12.0 Å². The summed E-state index contributed by atoms with van der Waals surface area (Å²) in [7, 11) is 3.46. The molecule has 1 aromatic rings. The zero-order chi connectivity index (χ0) is 23.5. The molecule has 1 fully saturated rings. The summed E-state index contributed by atoms with van der Waals surface area (Å²) in [6, 6.07) is 6.61. The number of esters is 1. The number of piperazine rings is 1. The van der Waals surface area contributed by atoms with Crippen molar-refractivity contribution in [2.24, 2.45) is 0 Å². The second kappa shape index (κ2) is 12.8. The Morgan fingerprint density at radius 1 is 1.22 bits per heavy atom. The summed E-state index contributed by atoms with van der Waals surface area (Å²) >= 11 is 0. The third-order valence-corrected chi connectivity index (χ3v) is 5.27. The van der Waals surface area contributed by atoms with E-state index in [0.717, 1.165) is 18.4 Å². The summed E-state index contributed by atoms with van der Waals surface area (Å²) in [4.78, 5) is 51.9. The molecule has 1 saturated heterocycles. The van der Waals surface area contributed by atoms with Crippen LogP contribution in [0.1, 0.15) is 38.2 Å². The highest BCUT2D eigenvalue weighted by Crippen LogP contribution is 2.14. The van der Waals surface area contributed by atoms with Crippen LogP contribution in [-0.4, -0.2) is 79.9 Å². The molecule has 0 aliphatic carbocycles. The molecule has 1 aliphatic heterocycles. The molecule has 176 valence electrons. The zero-order valence-electron chi connectivity index (χ0n) is 19.2. The Hall–Kier alpha value is -2.94. The van der Waals surface area contributed by atoms with Gasteiger partial charge >= 0.3 is 5.97 Å². The molecule has 3 amide bonds. The van der Waals surface area contributed by atoms with Gasteiger partial charge in [-0.15, -0.1) is 0 Å². The van der Waals surface area contributed by atoms with Gasteiger partial charge in [0.25, 0.3) is 0 Å². The largest absolute Gasteiger partial charge is 0.466 e. The first-order chi connectivity index (χ1) is 15.3. The van der Waals surface area contributed by atoms with Gasteiger partial charge < -0.3 is 20.3 Å². The van der Waals surface area contributed by atoms with E-state index >= 15 is 0 Å². The minimum absolute atomic E-state index is 0.000581. The highest BCUT2D eigenvalue weighted by atomic mass is 16.5. The number of ether oxygens (including phenoxy) is 1. The summed E-state index contributed by atoms with van der Waals surface area (Å²) in [6.07, 6.45) is 2.67. The molecule has 1 aliphatic rings. The fourth-order valence-corrected chi connectivity index (χ4v) is 3.33. The maximum Gasteiger partial charge on any atom is 0.307 e. The van der Waals surface area contributed by atoms with Crippen LogP contribution in [0.2, 0.25) is 0 Å². The van der Waals surface area contributed by atoms with E-state index in [-0.39, 0.29) is 30.7 Å². The van der Waals surface area contributed by atoms with Crippen LogP contribution in [0.25, 0.3) is 0 Å². The Morgan fingerprint density at radius 2 is 1.94 bits per heavy atom. The van der Waals surface area contributed by atoms with Crippen molar-refractivity contribution in [3.63, 3.8) is 0 Å². The summed E-state index contributed by atoms with van der Waals surface area (Å²) in [5.74, 6) is -0.904. The standard InChI is InChI=1S/C23H34N4O5/c1-4-5-14-32-22(30)15-19-23(31)24-12-13-27(19)16-20(28)25-18-9-6-17(7-10-18)8-11-21(29)26(2)3/h6-7,9-10,19H,4-5,8,11-16H2,1-3H3,(H,24,31)(H,25,28). The van der Waals surface area contributed by atoms with Gasteiger partial charge in [-0.3, -0.25) is 24.1 Å². The Labute approximate surface area is 189 Å². The molecule has 1 unspecified atom stereocenters. The Bertz CT molecular complexity index is 794. The van der Waals surface area contributed by atoms with Crippen LogP contribution in [0.5, 0.6) is 0 Å². The molecule has 0 saturated carbocycles. The van der Waals surface area contributed by atoms with Gasteiger partial charge in [0.15, 0.2) is 0 Å². The molecule has 0 radical (unpaired) electrons. The van der Waals surface area contributed by atoms with Crippen molar-refractivity contribution in [3.05, 3.63) is 29.8 Å². The van der Waals surface area contributed by atoms with Crippen molar-refractivity contribution in [2.45, 2.75) is 45.1 Å². The van der Waals surface area contributed by atoms with Gasteiger partial charge in [-0.1, -0.05) is 25.5 Å². The van der Waals surface area contributed by atoms with Crippen LogP contribution in [0.3, 0.4) is 0 Å². The monoisotopic (exact) mass is 446 g/mol. The number of amides is 3. The topological polar surface area (TPSA) is 108 Å². The summed E-state index contributed by atoms with van der Waals surface area (Å²) in [5.41, 5.74) is 1.64. The molecule has 2 N–H and O–H groups in total. The first-order valence-corrected chi connectivity index (χ1v) is 11.1. The molecule has 0 aromatic heterocycles. The minimum Gasteiger partial charge on any atom is -0.466 e. The van der Waals surface area contributed by atoms with Gasteiger partial charge in [0.1, 0.15) is 6.04 Å². The molecule has 9 heteroatoms. The molecule has 9 nitrogen and oxygen atoms in total. The third-order valence-electron chi connectivity index (χ3n) is 5.27. The number of hydrogen-bond donors (Lipinski definition) is 2. The fraction of sp³-hybridized carbons (Fsp3) is 0.565. The van der Waals surface area contributed by atoms with Gasteiger partial charge in [0, 0.05) is 39.3 Å². The zero-order valence-corrected chi connectivity index (χ0v) is 19.2. The normalized spacial score (nSPS) is 16.2. The van der Waals surface area contributed by atoms with Gasteiger partial charge in [-0.2, -0.15) is 0 Å². The summed E-state index contributed by atoms with van der Waals surface area (Å²) in [6.45, 7) is 3.24. The van der Waals surface area contributed by atoms with E-state index in [0.29, 0.717) is 38.2 Å². The van der Waals surface area contributed by atoms with Gasteiger partial charge in [-0.25, -0.2) is 0 Å². The minimum atomic E-state index is -0.722. The SMILES string of the molecule is CCCCOC(=O)CC1C(=O)NCCN1CC(=O)Nc1ccc(CCC(=O)N(C)C)cc1. The quantitative estimate of drug-likeness (QED) is 0.390. The van der Waals surface area contributed by atoms with Crippen molar-refractivity contribution in [3.8, 4) is 0 Å². The van der Waals surface area contributed by atoms with Gasteiger partial charge in [0.05, 0.1) is 19.6 Å². The van der Waals surface area contributed by atoms with Crippen molar-refractivity contribution >= 4 is 29.4 Å². The number of nitrogens with one attached hydrogen (secondary N) is 2. The smallest absolute Gasteiger partial charge is 0.307 e. The lowest BCUT2D eigenvalue weighted by Crippen LogP contribution is -2.57. The molecule has 0 spiro atoms. The van der Waals surface area contributed by atoms with E-state index in [1.165, 1.54) is 0 Å². The van der Waals surface area contributed by atoms with Crippen LogP contribution >= 0.6 is 0 Å². The number of unbranched alkanes of at least 4 members (excludes halogenated alkanes) is 1. The number of rotatable bonds is 11. The average Bonchev–Trinajstić information content (AvgIpc) is 2.75. The number of aryl methyl sites for hydroxylation is 1. The van der Waals surface area contributed by atoms with Gasteiger partial charge in [-0.05, 0) is 30.5 Å². The molecule has 2 rings (SSSR count). The molecule has 1 aromatic carbocycles. The number of anilines is 1. The van der Waals surface area contributed by atoms with Crippen LogP contribution < -0.4 is 10.6 Å². The first kappa shape index (κ1) is 25.3. The maximum atomic E-state index is 12.6. The van der Waals surface area contributed by atoms with Crippen molar-refractivity contribution in [2.75, 3.05) is 45.7 Å². The van der Waals surface area contributed by atoms with E-state index in [9.17, 15) is 19.2 Å². The number of hydrogen-bond acceptors (Lipinski definition) is 6. The van der Waals surface area contributed by atoms with Crippen LogP contribution in [0.15, 0.2) is 24.3 Å². The molecule has 32 heavy (non-hydrogen) atoms. The summed E-state index contributed by atoms with van der Waals surface area (Å²) < 4.78 is 5.17. The number of carbonyl (C=O) groups is 4. The van der Waals surface area contributed by atoms with E-state index in [1.54, 1.807) is 36.0 Å². The molecule has 1 heterocycles. The lowest BCUT2D eigenvalue weighted by molar-refractivity contribution is -0.149. The van der Waals surface area contributed by atoms with Crippen LogP contribution in [0, 0.1) is 0 Å². The van der Waals surface area contributed by atoms with E-state index in [4.69, 9.17) is 4.74 Å². The van der Waals surface area contributed by atoms with Crippen LogP contribution in [-0.2, 0) is 30.3 Å². The highest BCUT2D eigenvalue weighted by molar-refractivity contribution is 5.93. The summed E-state index contributed by atoms with van der Waals surface area (Å²) in [5, 5.41) is 5.57. The molecular weight excluding hydrogens is 412 g/mol. The van der Waals surface area contributed by atoms with Gasteiger partial charge in [0.2, 0.25) is 17.7 Å². The van der Waals surface area contributed by atoms with E-state index in [1.807, 2.05) is 19.1 Å². The Morgan fingerprint density at radius 3 is 2.59 bits per heavy atom. The predicted molar refractivity (Wildman–Crippen MR) is 121 cm³/mol. The average molecular weight is 447 g/mol. The highest BCUT2D eigenvalue weighted by Gasteiger charge is 2.33. The lowest BCUT2D eigenvalue weighted by atomic mass is 10.1. The molecule has 1 atom stereocenters.